The molecule has 0 saturated heterocycles. The molecule has 17 heavy (non-hydrogen) atoms. The molecule has 88 valence electrons. The molecule has 1 aliphatic rings. The van der Waals surface area contributed by atoms with Gasteiger partial charge in [0.25, 0.3) is 0 Å². The third kappa shape index (κ3) is 1.84. The maximum Gasteiger partial charge on any atom is 0.306 e. The molecule has 3 rings (SSSR count). The SMILES string of the molecule is O=C(O)C1CCc2[nH]c3ccc(I)cc3c2C1. The number of carboxylic acids is 1. The van der Waals surface area contributed by atoms with Gasteiger partial charge in [-0.05, 0) is 65.6 Å². The van der Waals surface area contributed by atoms with Gasteiger partial charge in [-0.3, -0.25) is 4.79 Å². The van der Waals surface area contributed by atoms with Crippen LogP contribution in [0, 0.1) is 9.49 Å². The summed E-state index contributed by atoms with van der Waals surface area (Å²) in [4.78, 5) is 14.5. The van der Waals surface area contributed by atoms with Gasteiger partial charge < -0.3 is 10.1 Å². The van der Waals surface area contributed by atoms with Crippen LogP contribution in [0.4, 0.5) is 0 Å². The summed E-state index contributed by atoms with van der Waals surface area (Å²) in [5, 5.41) is 10.3. The van der Waals surface area contributed by atoms with Crippen LogP contribution < -0.4 is 0 Å². The zero-order valence-corrected chi connectivity index (χ0v) is 11.3. The number of halogens is 1. The number of aliphatic carboxylic acids is 1. The predicted molar refractivity (Wildman–Crippen MR) is 74.2 cm³/mol. The van der Waals surface area contributed by atoms with Gasteiger partial charge in [0, 0.05) is 20.2 Å². The number of carbonyl (C=O) groups is 1. The summed E-state index contributed by atoms with van der Waals surface area (Å²) in [6, 6.07) is 6.28. The topological polar surface area (TPSA) is 53.1 Å². The van der Waals surface area contributed by atoms with Gasteiger partial charge in [0.15, 0.2) is 0 Å². The molecule has 1 aromatic heterocycles. The first-order chi connectivity index (χ1) is 8.15. The number of benzene rings is 1. The van der Waals surface area contributed by atoms with Crippen molar-refractivity contribution in [3.8, 4) is 0 Å². The maximum absolute atomic E-state index is 11.1. The molecule has 0 radical (unpaired) electrons. The van der Waals surface area contributed by atoms with E-state index in [0.717, 1.165) is 18.4 Å². The van der Waals surface area contributed by atoms with Gasteiger partial charge in [0.1, 0.15) is 0 Å². The fraction of sp³-hybridized carbons (Fsp3) is 0.308. The fourth-order valence-electron chi connectivity index (χ4n) is 2.60. The Kier molecular flexibility index (Phi) is 2.61. The smallest absolute Gasteiger partial charge is 0.306 e. The highest BCUT2D eigenvalue weighted by Gasteiger charge is 2.26. The molecule has 1 atom stereocenters. The second-order valence-corrected chi connectivity index (χ2v) is 5.80. The van der Waals surface area contributed by atoms with Crippen LogP contribution in [0.3, 0.4) is 0 Å². The number of carboxylic acid groups (broad SMARTS) is 1. The maximum atomic E-state index is 11.1. The summed E-state index contributed by atoms with van der Waals surface area (Å²) in [6.45, 7) is 0. The first-order valence-electron chi connectivity index (χ1n) is 5.67. The first kappa shape index (κ1) is 11.1. The zero-order valence-electron chi connectivity index (χ0n) is 9.16. The second kappa shape index (κ2) is 4.01. The predicted octanol–water partition coefficient (Wildman–Crippen LogP) is 2.96. The Hall–Kier alpha value is -1.04. The number of hydrogen-bond acceptors (Lipinski definition) is 1. The van der Waals surface area contributed by atoms with E-state index in [1.54, 1.807) is 0 Å². The number of rotatable bonds is 1. The number of aromatic amines is 1. The highest BCUT2D eigenvalue weighted by Crippen LogP contribution is 2.32. The molecule has 4 heteroatoms. The fourth-order valence-corrected chi connectivity index (χ4v) is 3.09. The number of aryl methyl sites for hydroxylation is 1. The summed E-state index contributed by atoms with van der Waals surface area (Å²) >= 11 is 2.29. The second-order valence-electron chi connectivity index (χ2n) is 4.55. The van der Waals surface area contributed by atoms with Gasteiger partial charge in [-0.2, -0.15) is 0 Å². The van der Waals surface area contributed by atoms with Gasteiger partial charge in [0.2, 0.25) is 0 Å². The van der Waals surface area contributed by atoms with Gasteiger partial charge in [-0.25, -0.2) is 0 Å². The van der Waals surface area contributed by atoms with Crippen molar-refractivity contribution in [2.24, 2.45) is 5.92 Å². The molecule has 0 bridgehead atoms. The van der Waals surface area contributed by atoms with E-state index in [2.05, 4.69) is 45.8 Å². The highest BCUT2D eigenvalue weighted by molar-refractivity contribution is 14.1. The number of hydrogen-bond donors (Lipinski definition) is 2. The number of fused-ring (bicyclic) bond motifs is 3. The molecular formula is C13H12INO2. The van der Waals surface area contributed by atoms with Crippen LogP contribution in [0.1, 0.15) is 17.7 Å². The molecule has 2 aromatic rings. The number of H-pyrrole nitrogens is 1. The highest BCUT2D eigenvalue weighted by atomic mass is 127. The van der Waals surface area contributed by atoms with Crippen molar-refractivity contribution in [2.75, 3.05) is 0 Å². The van der Waals surface area contributed by atoms with Crippen LogP contribution in [0.25, 0.3) is 10.9 Å². The molecule has 0 spiro atoms. The Morgan fingerprint density at radius 2 is 2.29 bits per heavy atom. The van der Waals surface area contributed by atoms with E-state index in [0.29, 0.717) is 6.42 Å². The Bertz CT molecular complexity index is 603. The third-order valence-electron chi connectivity index (χ3n) is 3.50. The summed E-state index contributed by atoms with van der Waals surface area (Å²) in [5.74, 6) is -0.894. The van der Waals surface area contributed by atoms with Crippen molar-refractivity contribution in [1.29, 1.82) is 0 Å². The average molecular weight is 341 g/mol. The zero-order chi connectivity index (χ0) is 12.0. The number of aromatic nitrogens is 1. The van der Waals surface area contributed by atoms with Crippen molar-refractivity contribution in [1.82, 2.24) is 4.98 Å². The monoisotopic (exact) mass is 341 g/mol. The van der Waals surface area contributed by atoms with Gasteiger partial charge in [-0.1, -0.05) is 0 Å². The number of nitrogens with one attached hydrogen (secondary N) is 1. The van der Waals surface area contributed by atoms with Gasteiger partial charge >= 0.3 is 5.97 Å². The third-order valence-corrected chi connectivity index (χ3v) is 4.17. The van der Waals surface area contributed by atoms with Crippen molar-refractivity contribution in [3.63, 3.8) is 0 Å². The molecule has 1 aliphatic carbocycles. The molecule has 3 nitrogen and oxygen atoms in total. The van der Waals surface area contributed by atoms with E-state index < -0.39 is 5.97 Å². The van der Waals surface area contributed by atoms with Gasteiger partial charge in [0.05, 0.1) is 5.92 Å². The van der Waals surface area contributed by atoms with E-state index in [-0.39, 0.29) is 5.92 Å². The van der Waals surface area contributed by atoms with Crippen molar-refractivity contribution >= 4 is 39.5 Å². The lowest BCUT2D eigenvalue weighted by Crippen LogP contribution is -2.21. The molecule has 0 saturated carbocycles. The van der Waals surface area contributed by atoms with Crippen LogP contribution in [0.15, 0.2) is 18.2 Å². The summed E-state index contributed by atoms with van der Waals surface area (Å²) < 4.78 is 1.19. The normalized spacial score (nSPS) is 19.2. The van der Waals surface area contributed by atoms with Crippen LogP contribution in [-0.4, -0.2) is 16.1 Å². The van der Waals surface area contributed by atoms with E-state index in [1.807, 2.05) is 0 Å². The van der Waals surface area contributed by atoms with E-state index >= 15 is 0 Å². The Morgan fingerprint density at radius 1 is 1.47 bits per heavy atom. The summed E-state index contributed by atoms with van der Waals surface area (Å²) in [6.07, 6.45) is 2.24. The molecule has 0 aliphatic heterocycles. The Labute approximate surface area is 112 Å². The molecular weight excluding hydrogens is 329 g/mol. The van der Waals surface area contributed by atoms with Crippen LogP contribution in [-0.2, 0) is 17.6 Å². The molecule has 2 N–H and O–H groups in total. The van der Waals surface area contributed by atoms with Crippen LogP contribution >= 0.6 is 22.6 Å². The van der Waals surface area contributed by atoms with Crippen molar-refractivity contribution < 1.29 is 9.90 Å². The Morgan fingerprint density at radius 3 is 3.06 bits per heavy atom. The van der Waals surface area contributed by atoms with Crippen molar-refractivity contribution in [3.05, 3.63) is 33.0 Å². The van der Waals surface area contributed by atoms with Crippen LogP contribution in [0.5, 0.6) is 0 Å². The van der Waals surface area contributed by atoms with E-state index in [4.69, 9.17) is 5.11 Å². The van der Waals surface area contributed by atoms with E-state index in [9.17, 15) is 4.79 Å². The minimum Gasteiger partial charge on any atom is -0.481 e. The molecule has 1 unspecified atom stereocenters. The first-order valence-corrected chi connectivity index (χ1v) is 6.75. The lowest BCUT2D eigenvalue weighted by atomic mass is 9.86. The average Bonchev–Trinajstić information content (AvgIpc) is 2.66. The van der Waals surface area contributed by atoms with E-state index in [1.165, 1.54) is 20.2 Å². The van der Waals surface area contributed by atoms with Crippen molar-refractivity contribution in [2.45, 2.75) is 19.3 Å². The minimum absolute atomic E-state index is 0.223. The standard InChI is InChI=1S/C13H12INO2/c14-8-2-4-12-10(6-8)9-5-7(13(16)17)1-3-11(9)15-12/h2,4,6-7,15H,1,3,5H2,(H,16,17). The quantitative estimate of drug-likeness (QED) is 0.784. The Balaban J connectivity index is 2.13. The minimum atomic E-state index is -0.671. The lowest BCUT2D eigenvalue weighted by molar-refractivity contribution is -0.142. The lowest BCUT2D eigenvalue weighted by Gasteiger charge is -2.18. The molecule has 1 aromatic carbocycles. The van der Waals surface area contributed by atoms with Gasteiger partial charge in [-0.15, -0.1) is 0 Å². The molecule has 0 fully saturated rings. The van der Waals surface area contributed by atoms with Crippen LogP contribution in [0.2, 0.25) is 0 Å². The summed E-state index contributed by atoms with van der Waals surface area (Å²) in [7, 11) is 0. The largest absolute Gasteiger partial charge is 0.481 e. The summed E-state index contributed by atoms with van der Waals surface area (Å²) in [5.41, 5.74) is 3.55. The molecule has 0 amide bonds. The molecule has 1 heterocycles.